The van der Waals surface area contributed by atoms with E-state index in [4.69, 9.17) is 11.6 Å². The Hall–Kier alpha value is -1.40. The Morgan fingerprint density at radius 3 is 3.05 bits per heavy atom. The molecule has 1 aliphatic carbocycles. The molecular formula is C14H15ClN4OS. The van der Waals surface area contributed by atoms with Crippen molar-refractivity contribution in [3.05, 3.63) is 29.3 Å². The lowest BCUT2D eigenvalue weighted by Crippen LogP contribution is -2.16. The Labute approximate surface area is 132 Å². The predicted molar refractivity (Wildman–Crippen MR) is 81.9 cm³/mol. The number of Topliss-reactive ketones (excluding diaryl/α,β-unsaturated/α-hetero) is 1. The minimum absolute atomic E-state index is 0.0450. The van der Waals surface area contributed by atoms with Gasteiger partial charge in [-0.1, -0.05) is 42.3 Å². The van der Waals surface area contributed by atoms with E-state index in [0.717, 1.165) is 31.4 Å². The highest BCUT2D eigenvalue weighted by atomic mass is 35.5. The van der Waals surface area contributed by atoms with Crippen LogP contribution >= 0.6 is 23.4 Å². The fourth-order valence-electron chi connectivity index (χ4n) is 2.40. The van der Waals surface area contributed by atoms with Gasteiger partial charge in [-0.3, -0.25) is 4.79 Å². The average Bonchev–Trinajstić information content (AvgIpc) is 2.84. The summed E-state index contributed by atoms with van der Waals surface area (Å²) in [4.78, 5) is 12.1. The smallest absolute Gasteiger partial charge is 0.214 e. The number of hydrogen-bond acceptors (Lipinski definition) is 5. The van der Waals surface area contributed by atoms with Crippen LogP contribution in [0.5, 0.6) is 0 Å². The number of thioether (sulfide) groups is 1. The first-order valence-corrected chi connectivity index (χ1v) is 8.23. The molecule has 1 aromatic heterocycles. The third-order valence-corrected chi connectivity index (χ3v) is 4.97. The number of aromatic nitrogens is 4. The molecule has 1 aliphatic rings. The van der Waals surface area contributed by atoms with E-state index in [1.54, 1.807) is 16.8 Å². The van der Waals surface area contributed by atoms with Crippen LogP contribution < -0.4 is 0 Å². The van der Waals surface area contributed by atoms with Crippen molar-refractivity contribution in [1.82, 2.24) is 20.2 Å². The fraction of sp³-hybridized carbons (Fsp3) is 0.429. The predicted octanol–water partition coefficient (Wildman–Crippen LogP) is 3.31. The van der Waals surface area contributed by atoms with Crippen molar-refractivity contribution >= 4 is 29.1 Å². The third-order valence-electron chi connectivity index (χ3n) is 3.49. The molecule has 0 saturated heterocycles. The normalized spacial score (nSPS) is 19.5. The lowest BCUT2D eigenvalue weighted by Gasteiger charge is -2.11. The molecule has 3 rings (SSSR count). The molecule has 0 N–H and O–H groups in total. The summed E-state index contributed by atoms with van der Waals surface area (Å²) in [5.74, 6) is 0.304. The molecule has 0 bridgehead atoms. The topological polar surface area (TPSA) is 60.7 Å². The molecule has 1 saturated carbocycles. The largest absolute Gasteiger partial charge is 0.298 e. The zero-order valence-electron chi connectivity index (χ0n) is 11.4. The van der Waals surface area contributed by atoms with Gasteiger partial charge in [0.15, 0.2) is 0 Å². The van der Waals surface area contributed by atoms with Crippen LogP contribution in [0.4, 0.5) is 0 Å². The van der Waals surface area contributed by atoms with E-state index in [0.29, 0.717) is 22.4 Å². The summed E-state index contributed by atoms with van der Waals surface area (Å²) in [7, 11) is 0. The highest BCUT2D eigenvalue weighted by molar-refractivity contribution is 8.00. The molecular weight excluding hydrogens is 308 g/mol. The Bertz CT molecular complexity index is 645. The molecule has 5 nitrogen and oxygen atoms in total. The van der Waals surface area contributed by atoms with Crippen LogP contribution in [0.2, 0.25) is 5.02 Å². The van der Waals surface area contributed by atoms with Gasteiger partial charge in [0.2, 0.25) is 5.16 Å². The minimum atomic E-state index is -0.0450. The molecule has 0 aliphatic heterocycles. The van der Waals surface area contributed by atoms with E-state index in [9.17, 15) is 4.79 Å². The van der Waals surface area contributed by atoms with Crippen LogP contribution in [-0.4, -0.2) is 31.2 Å². The third kappa shape index (κ3) is 3.44. The van der Waals surface area contributed by atoms with E-state index in [2.05, 4.69) is 15.5 Å². The second-order valence-corrected chi connectivity index (χ2v) is 6.63. The maximum Gasteiger partial charge on any atom is 0.214 e. The van der Waals surface area contributed by atoms with Crippen LogP contribution in [0.3, 0.4) is 0 Å². The van der Waals surface area contributed by atoms with E-state index in [-0.39, 0.29) is 5.25 Å². The molecule has 7 heteroatoms. The Morgan fingerprint density at radius 1 is 1.29 bits per heavy atom. The minimum Gasteiger partial charge on any atom is -0.298 e. The van der Waals surface area contributed by atoms with Crippen molar-refractivity contribution in [2.24, 2.45) is 0 Å². The van der Waals surface area contributed by atoms with Gasteiger partial charge in [0.1, 0.15) is 5.78 Å². The van der Waals surface area contributed by atoms with Gasteiger partial charge in [0.25, 0.3) is 0 Å². The van der Waals surface area contributed by atoms with E-state index < -0.39 is 0 Å². The van der Waals surface area contributed by atoms with Crippen molar-refractivity contribution in [3.8, 4) is 5.69 Å². The van der Waals surface area contributed by atoms with E-state index >= 15 is 0 Å². The average molecular weight is 323 g/mol. The molecule has 1 heterocycles. The Morgan fingerprint density at radius 2 is 2.19 bits per heavy atom. The van der Waals surface area contributed by atoms with Gasteiger partial charge >= 0.3 is 0 Å². The Kier molecular flexibility index (Phi) is 4.55. The van der Waals surface area contributed by atoms with Crippen LogP contribution in [0.1, 0.15) is 32.1 Å². The van der Waals surface area contributed by atoms with Crippen molar-refractivity contribution in [2.75, 3.05) is 0 Å². The lowest BCUT2D eigenvalue weighted by atomic mass is 10.2. The number of carbonyl (C=O) groups excluding carboxylic acids is 1. The lowest BCUT2D eigenvalue weighted by molar-refractivity contribution is -0.118. The molecule has 110 valence electrons. The number of carbonyl (C=O) groups is 1. The molecule has 0 spiro atoms. The van der Waals surface area contributed by atoms with Gasteiger partial charge in [0, 0.05) is 11.4 Å². The van der Waals surface area contributed by atoms with Crippen molar-refractivity contribution in [2.45, 2.75) is 42.5 Å². The first kappa shape index (κ1) is 14.5. The van der Waals surface area contributed by atoms with Crippen LogP contribution in [-0.2, 0) is 4.79 Å². The molecule has 1 fully saturated rings. The zero-order chi connectivity index (χ0) is 14.7. The van der Waals surface area contributed by atoms with Crippen molar-refractivity contribution < 1.29 is 4.79 Å². The number of tetrazole rings is 1. The summed E-state index contributed by atoms with van der Waals surface area (Å²) >= 11 is 7.46. The number of halogens is 1. The second kappa shape index (κ2) is 6.58. The molecule has 2 aromatic rings. The van der Waals surface area contributed by atoms with Gasteiger partial charge in [-0.2, -0.15) is 4.68 Å². The quantitative estimate of drug-likeness (QED) is 0.811. The number of hydrogen-bond donors (Lipinski definition) is 0. The summed E-state index contributed by atoms with van der Waals surface area (Å²) in [6.07, 6.45) is 4.77. The van der Waals surface area contributed by atoms with Crippen LogP contribution in [0.15, 0.2) is 29.4 Å². The van der Waals surface area contributed by atoms with Gasteiger partial charge in [0.05, 0.1) is 10.9 Å². The van der Waals surface area contributed by atoms with Crippen LogP contribution in [0, 0.1) is 0 Å². The summed E-state index contributed by atoms with van der Waals surface area (Å²) in [5, 5.41) is 13.0. The highest BCUT2D eigenvalue weighted by Crippen LogP contribution is 2.30. The summed E-state index contributed by atoms with van der Waals surface area (Å²) in [6, 6.07) is 7.35. The molecule has 1 unspecified atom stereocenters. The number of nitrogens with zero attached hydrogens (tertiary/aromatic N) is 4. The van der Waals surface area contributed by atoms with Gasteiger partial charge < -0.3 is 0 Å². The van der Waals surface area contributed by atoms with E-state index in [1.165, 1.54) is 11.8 Å². The standard InChI is InChI=1S/C14H15ClN4OS/c15-10-5-4-6-11(9-10)19-14(16-17-18-19)21-13-8-3-1-2-7-12(13)20/h4-6,9,13H,1-3,7-8H2. The van der Waals surface area contributed by atoms with Crippen molar-refractivity contribution in [3.63, 3.8) is 0 Å². The van der Waals surface area contributed by atoms with Gasteiger partial charge in [-0.05, 0) is 41.5 Å². The molecule has 1 aromatic carbocycles. The molecule has 0 amide bonds. The molecule has 1 atom stereocenters. The number of ketones is 1. The fourth-order valence-corrected chi connectivity index (χ4v) is 3.70. The van der Waals surface area contributed by atoms with Gasteiger partial charge in [-0.15, -0.1) is 5.10 Å². The first-order valence-electron chi connectivity index (χ1n) is 6.98. The summed E-state index contributed by atoms with van der Waals surface area (Å²) in [5.41, 5.74) is 0.802. The van der Waals surface area contributed by atoms with Crippen LogP contribution in [0.25, 0.3) is 5.69 Å². The number of rotatable bonds is 3. The second-order valence-electron chi connectivity index (χ2n) is 5.03. The monoisotopic (exact) mass is 322 g/mol. The van der Waals surface area contributed by atoms with E-state index in [1.807, 2.05) is 12.1 Å². The van der Waals surface area contributed by atoms with Gasteiger partial charge in [-0.25, -0.2) is 0 Å². The summed E-state index contributed by atoms with van der Waals surface area (Å²) < 4.78 is 1.63. The molecule has 21 heavy (non-hydrogen) atoms. The van der Waals surface area contributed by atoms with Crippen molar-refractivity contribution in [1.29, 1.82) is 0 Å². The summed E-state index contributed by atoms with van der Waals surface area (Å²) in [6.45, 7) is 0. The Balaban J connectivity index is 1.84. The highest BCUT2D eigenvalue weighted by Gasteiger charge is 2.24. The SMILES string of the molecule is O=C1CCCCCC1Sc1nnnn1-c1cccc(Cl)c1. The molecule has 0 radical (unpaired) electrons. The zero-order valence-corrected chi connectivity index (χ0v) is 13.0. The number of benzene rings is 1. The maximum atomic E-state index is 12.1. The first-order chi connectivity index (χ1) is 10.2. The maximum absolute atomic E-state index is 12.1.